The topological polar surface area (TPSA) is 34.1 Å². The molecule has 0 spiro atoms. The Morgan fingerprint density at radius 1 is 0.810 bits per heavy atom. The van der Waals surface area contributed by atoms with Crippen LogP contribution in [0, 0.1) is 0 Å². The van der Waals surface area contributed by atoms with Crippen LogP contribution in [-0.4, -0.2) is 10.5 Å². The molecule has 0 heterocycles. The van der Waals surface area contributed by atoms with E-state index >= 15 is 0 Å². The van der Waals surface area contributed by atoms with Crippen molar-refractivity contribution in [1.29, 1.82) is 0 Å². The largest absolute Gasteiger partial charge is 0.289 e. The highest BCUT2D eigenvalue weighted by Crippen LogP contribution is 2.13. The molecule has 21 heavy (non-hydrogen) atoms. The molecule has 0 bridgehead atoms. The SMILES string of the molecule is O=C(Br)C(=Cc1ccccc1)C(=O)C=Cc1ccccc1. The lowest BCUT2D eigenvalue weighted by Gasteiger charge is -1.99. The number of benzene rings is 2. The minimum absolute atomic E-state index is 0.105. The third-order valence-corrected chi connectivity index (χ3v) is 3.24. The van der Waals surface area contributed by atoms with Crippen LogP contribution in [0.5, 0.6) is 0 Å². The van der Waals surface area contributed by atoms with Gasteiger partial charge in [0.25, 0.3) is 0 Å². The Kier molecular flexibility index (Phi) is 5.41. The molecular formula is C18H13BrO2. The fourth-order valence-electron chi connectivity index (χ4n) is 1.77. The van der Waals surface area contributed by atoms with Gasteiger partial charge in [-0.2, -0.15) is 0 Å². The second kappa shape index (κ2) is 7.50. The van der Waals surface area contributed by atoms with E-state index in [1.54, 1.807) is 12.2 Å². The van der Waals surface area contributed by atoms with E-state index in [1.807, 2.05) is 60.7 Å². The number of hydrogen-bond acceptors (Lipinski definition) is 2. The summed E-state index contributed by atoms with van der Waals surface area (Å²) < 4.78 is -0.422. The van der Waals surface area contributed by atoms with Gasteiger partial charge in [0.05, 0.1) is 5.57 Å². The molecule has 2 aromatic rings. The molecule has 0 unspecified atom stereocenters. The summed E-state index contributed by atoms with van der Waals surface area (Å²) >= 11 is 2.86. The molecule has 0 amide bonds. The maximum Gasteiger partial charge on any atom is 0.231 e. The predicted molar refractivity (Wildman–Crippen MR) is 88.8 cm³/mol. The highest BCUT2D eigenvalue weighted by atomic mass is 79.9. The van der Waals surface area contributed by atoms with Gasteiger partial charge in [-0.15, -0.1) is 0 Å². The van der Waals surface area contributed by atoms with E-state index in [0.29, 0.717) is 0 Å². The van der Waals surface area contributed by atoms with Crippen molar-refractivity contribution in [2.45, 2.75) is 0 Å². The van der Waals surface area contributed by atoms with Crippen molar-refractivity contribution in [3.63, 3.8) is 0 Å². The summed E-state index contributed by atoms with van der Waals surface area (Å²) in [5, 5.41) is 0. The summed E-state index contributed by atoms with van der Waals surface area (Å²) in [6.45, 7) is 0. The third-order valence-electron chi connectivity index (χ3n) is 2.81. The fraction of sp³-hybridized carbons (Fsp3) is 0. The number of hydrogen-bond donors (Lipinski definition) is 0. The second-order valence-electron chi connectivity index (χ2n) is 4.35. The highest BCUT2D eigenvalue weighted by molar-refractivity contribution is 9.18. The molecule has 0 aliphatic carbocycles. The van der Waals surface area contributed by atoms with E-state index < -0.39 is 4.69 Å². The lowest BCUT2D eigenvalue weighted by Crippen LogP contribution is -2.04. The maximum atomic E-state index is 12.2. The van der Waals surface area contributed by atoms with Gasteiger partial charge < -0.3 is 0 Å². The molecule has 3 heteroatoms. The first-order valence-electron chi connectivity index (χ1n) is 6.41. The minimum Gasteiger partial charge on any atom is -0.289 e. The van der Waals surface area contributed by atoms with Crippen molar-refractivity contribution in [3.8, 4) is 0 Å². The third kappa shape index (κ3) is 4.65. The van der Waals surface area contributed by atoms with Crippen LogP contribution in [-0.2, 0) is 9.59 Å². The Balaban J connectivity index is 2.23. The maximum absolute atomic E-state index is 12.2. The highest BCUT2D eigenvalue weighted by Gasteiger charge is 2.13. The summed E-state index contributed by atoms with van der Waals surface area (Å²) in [5.74, 6) is -0.329. The van der Waals surface area contributed by atoms with Crippen LogP contribution in [0.25, 0.3) is 12.2 Å². The average molecular weight is 341 g/mol. The summed E-state index contributed by atoms with van der Waals surface area (Å²) in [7, 11) is 0. The van der Waals surface area contributed by atoms with Crippen LogP contribution in [0.4, 0.5) is 0 Å². The van der Waals surface area contributed by atoms with Gasteiger partial charge in [0.1, 0.15) is 0 Å². The van der Waals surface area contributed by atoms with Crippen molar-refractivity contribution < 1.29 is 9.59 Å². The van der Waals surface area contributed by atoms with Crippen LogP contribution >= 0.6 is 15.9 Å². The molecule has 104 valence electrons. The molecule has 0 aliphatic rings. The predicted octanol–water partition coefficient (Wildman–Crippen LogP) is 4.27. The van der Waals surface area contributed by atoms with Crippen molar-refractivity contribution in [3.05, 3.63) is 83.4 Å². The average Bonchev–Trinajstić information content (AvgIpc) is 2.52. The van der Waals surface area contributed by atoms with Crippen LogP contribution in [0.1, 0.15) is 11.1 Å². The number of ketones is 1. The fourth-order valence-corrected chi connectivity index (χ4v) is 2.08. The summed E-state index contributed by atoms with van der Waals surface area (Å²) in [6, 6.07) is 18.7. The first-order chi connectivity index (χ1) is 10.2. The second-order valence-corrected chi connectivity index (χ2v) is 5.07. The molecule has 0 aliphatic heterocycles. The van der Waals surface area contributed by atoms with E-state index in [2.05, 4.69) is 15.9 Å². The molecule has 2 rings (SSSR count). The van der Waals surface area contributed by atoms with Crippen molar-refractivity contribution >= 4 is 38.6 Å². The first kappa shape index (κ1) is 15.1. The van der Waals surface area contributed by atoms with Gasteiger partial charge in [-0.25, -0.2) is 0 Å². The van der Waals surface area contributed by atoms with Gasteiger partial charge in [-0.3, -0.25) is 9.59 Å². The van der Waals surface area contributed by atoms with Gasteiger partial charge in [0.15, 0.2) is 5.78 Å². The number of halogens is 1. The zero-order chi connectivity index (χ0) is 15.1. The molecule has 2 aromatic carbocycles. The van der Waals surface area contributed by atoms with E-state index in [1.165, 1.54) is 6.08 Å². The van der Waals surface area contributed by atoms with Crippen LogP contribution in [0.15, 0.2) is 72.3 Å². The molecule has 0 saturated carbocycles. The summed E-state index contributed by atoms with van der Waals surface area (Å²) in [6.07, 6.45) is 4.68. The number of carbonyl (C=O) groups excluding carboxylic acids is 2. The minimum atomic E-state index is -0.422. The lowest BCUT2D eigenvalue weighted by atomic mass is 10.1. The number of rotatable bonds is 5. The van der Waals surface area contributed by atoms with Gasteiger partial charge in [-0.05, 0) is 39.2 Å². The molecule has 0 N–H and O–H groups in total. The Hall–Kier alpha value is -2.26. The van der Waals surface area contributed by atoms with E-state index in [9.17, 15) is 9.59 Å². The van der Waals surface area contributed by atoms with Crippen molar-refractivity contribution in [1.82, 2.24) is 0 Å². The van der Waals surface area contributed by atoms with Crippen LogP contribution in [0.3, 0.4) is 0 Å². The Morgan fingerprint density at radius 3 is 1.86 bits per heavy atom. The van der Waals surface area contributed by atoms with Gasteiger partial charge in [-0.1, -0.05) is 66.7 Å². The first-order valence-corrected chi connectivity index (χ1v) is 7.20. The normalized spacial score (nSPS) is 11.6. The van der Waals surface area contributed by atoms with E-state index in [0.717, 1.165) is 11.1 Å². The molecule has 0 atom stereocenters. The molecule has 0 saturated heterocycles. The van der Waals surface area contributed by atoms with E-state index in [-0.39, 0.29) is 11.4 Å². The summed E-state index contributed by atoms with van der Waals surface area (Å²) in [4.78, 5) is 23.8. The molecule has 0 radical (unpaired) electrons. The zero-order valence-electron chi connectivity index (χ0n) is 11.2. The Morgan fingerprint density at radius 2 is 1.33 bits per heavy atom. The van der Waals surface area contributed by atoms with Gasteiger partial charge in [0, 0.05) is 0 Å². The van der Waals surface area contributed by atoms with Gasteiger partial charge >= 0.3 is 0 Å². The molecule has 0 aromatic heterocycles. The van der Waals surface area contributed by atoms with Crippen LogP contribution < -0.4 is 0 Å². The Labute approximate surface area is 131 Å². The molecule has 2 nitrogen and oxygen atoms in total. The molecule has 0 fully saturated rings. The standard InChI is InChI=1S/C18H13BrO2/c19-18(21)16(13-15-9-5-2-6-10-15)17(20)12-11-14-7-3-1-4-8-14/h1-13H. The number of allylic oxidation sites excluding steroid dienone is 2. The van der Waals surface area contributed by atoms with Crippen molar-refractivity contribution in [2.75, 3.05) is 0 Å². The van der Waals surface area contributed by atoms with E-state index in [4.69, 9.17) is 0 Å². The zero-order valence-corrected chi connectivity index (χ0v) is 12.8. The Bertz CT molecular complexity index is 686. The molecular weight excluding hydrogens is 328 g/mol. The smallest absolute Gasteiger partial charge is 0.231 e. The lowest BCUT2D eigenvalue weighted by molar-refractivity contribution is -0.114. The monoisotopic (exact) mass is 340 g/mol. The quantitative estimate of drug-likeness (QED) is 0.352. The van der Waals surface area contributed by atoms with Crippen LogP contribution in [0.2, 0.25) is 0 Å². The summed E-state index contributed by atoms with van der Waals surface area (Å²) in [5.41, 5.74) is 1.82. The van der Waals surface area contributed by atoms with Crippen molar-refractivity contribution in [2.24, 2.45) is 0 Å². The number of carbonyl (C=O) groups is 2. The van der Waals surface area contributed by atoms with Gasteiger partial charge in [0.2, 0.25) is 4.69 Å².